The van der Waals surface area contributed by atoms with E-state index in [1.165, 1.54) is 19.3 Å². The lowest BCUT2D eigenvalue weighted by Crippen LogP contribution is -2.26. The summed E-state index contributed by atoms with van der Waals surface area (Å²) in [6, 6.07) is 0. The van der Waals surface area contributed by atoms with Crippen molar-refractivity contribution in [3.05, 3.63) is 0 Å². The summed E-state index contributed by atoms with van der Waals surface area (Å²) in [5.74, 6) is 0. The van der Waals surface area contributed by atoms with Gasteiger partial charge in [-0.25, -0.2) is 0 Å². The number of hydrogen-bond donors (Lipinski definition) is 0. The van der Waals surface area contributed by atoms with E-state index in [1.54, 1.807) is 7.11 Å². The maximum atomic E-state index is 5.53. The van der Waals surface area contributed by atoms with Crippen molar-refractivity contribution in [2.75, 3.05) is 13.7 Å². The molecule has 0 aliphatic heterocycles. The second-order valence-electron chi connectivity index (χ2n) is 4.14. The molecule has 0 saturated heterocycles. The van der Waals surface area contributed by atoms with Crippen LogP contribution >= 0.6 is 0 Å². The average molecular weight is 248 g/mol. The van der Waals surface area contributed by atoms with Crippen molar-refractivity contribution in [3.63, 3.8) is 0 Å². The number of hydrogen-bond acceptors (Lipinski definition) is 4. The van der Waals surface area contributed by atoms with E-state index in [-0.39, 0.29) is 18.9 Å². The van der Waals surface area contributed by atoms with E-state index in [0.717, 1.165) is 13.0 Å². The Bertz CT molecular complexity index is 163. The van der Waals surface area contributed by atoms with Gasteiger partial charge in [0.15, 0.2) is 18.9 Å². The maximum Gasteiger partial charge on any atom is 0.161 e. The highest BCUT2D eigenvalue weighted by Crippen LogP contribution is 2.06. The fourth-order valence-electron chi connectivity index (χ4n) is 1.44. The van der Waals surface area contributed by atoms with E-state index in [4.69, 9.17) is 18.9 Å². The average Bonchev–Trinajstić information content (AvgIpc) is 2.28. The Morgan fingerprint density at radius 2 is 1.47 bits per heavy atom. The van der Waals surface area contributed by atoms with Gasteiger partial charge in [0, 0.05) is 13.7 Å². The molecule has 4 heteroatoms. The monoisotopic (exact) mass is 248 g/mol. The Morgan fingerprint density at radius 1 is 0.824 bits per heavy atom. The molecule has 0 aliphatic carbocycles. The molecule has 104 valence electrons. The van der Waals surface area contributed by atoms with Crippen LogP contribution in [0, 0.1) is 0 Å². The number of ether oxygens (including phenoxy) is 4. The second-order valence-corrected chi connectivity index (χ2v) is 4.14. The Kier molecular flexibility index (Phi) is 10.9. The largest absolute Gasteiger partial charge is 0.356 e. The molecule has 0 aromatic rings. The molecule has 0 rings (SSSR count). The summed E-state index contributed by atoms with van der Waals surface area (Å²) in [6.07, 6.45) is 3.99. The van der Waals surface area contributed by atoms with Gasteiger partial charge in [-0.15, -0.1) is 0 Å². The molecular formula is C13H28O4. The van der Waals surface area contributed by atoms with Crippen molar-refractivity contribution in [1.82, 2.24) is 0 Å². The van der Waals surface area contributed by atoms with Crippen LogP contribution in [-0.4, -0.2) is 32.6 Å². The lowest BCUT2D eigenvalue weighted by molar-refractivity contribution is -0.275. The summed E-state index contributed by atoms with van der Waals surface area (Å²) in [5.41, 5.74) is 0. The maximum absolute atomic E-state index is 5.53. The minimum absolute atomic E-state index is 0.240. The topological polar surface area (TPSA) is 36.9 Å². The fraction of sp³-hybridized carbons (Fsp3) is 1.00. The predicted molar refractivity (Wildman–Crippen MR) is 67.7 cm³/mol. The van der Waals surface area contributed by atoms with Gasteiger partial charge in [0.1, 0.15) is 0 Å². The number of unbranched alkanes of at least 4 members (excludes halogenated alkanes) is 3. The van der Waals surface area contributed by atoms with Gasteiger partial charge >= 0.3 is 0 Å². The fourth-order valence-corrected chi connectivity index (χ4v) is 1.44. The zero-order valence-corrected chi connectivity index (χ0v) is 11.9. The number of methoxy groups -OCH3 is 1. The van der Waals surface area contributed by atoms with Crippen LogP contribution in [0.4, 0.5) is 0 Å². The van der Waals surface area contributed by atoms with Gasteiger partial charge in [-0.05, 0) is 27.2 Å². The van der Waals surface area contributed by atoms with E-state index in [2.05, 4.69) is 6.92 Å². The first-order chi connectivity index (χ1) is 8.10. The molecule has 3 unspecified atom stereocenters. The van der Waals surface area contributed by atoms with Gasteiger partial charge in [0.05, 0.1) is 0 Å². The minimum Gasteiger partial charge on any atom is -0.356 e. The Hall–Kier alpha value is -0.160. The standard InChI is InChI=1S/C13H28O4/c1-6-7-8-9-10-15-12(3)17-13(4)16-11(2)14-5/h11-13H,6-10H2,1-5H3. The van der Waals surface area contributed by atoms with Gasteiger partial charge in [0.2, 0.25) is 0 Å². The molecule has 4 nitrogen and oxygen atoms in total. The molecule has 0 heterocycles. The summed E-state index contributed by atoms with van der Waals surface area (Å²) in [4.78, 5) is 0. The van der Waals surface area contributed by atoms with Gasteiger partial charge < -0.3 is 18.9 Å². The zero-order chi connectivity index (χ0) is 13.1. The van der Waals surface area contributed by atoms with Crippen molar-refractivity contribution in [2.45, 2.75) is 72.2 Å². The van der Waals surface area contributed by atoms with Crippen molar-refractivity contribution >= 4 is 0 Å². The molecule has 3 atom stereocenters. The molecule has 0 amide bonds. The van der Waals surface area contributed by atoms with E-state index >= 15 is 0 Å². The van der Waals surface area contributed by atoms with Crippen molar-refractivity contribution in [2.24, 2.45) is 0 Å². The lowest BCUT2D eigenvalue weighted by atomic mass is 10.2. The highest BCUT2D eigenvalue weighted by molar-refractivity contribution is 4.42. The summed E-state index contributed by atoms with van der Waals surface area (Å²) < 4.78 is 21.4. The quantitative estimate of drug-likeness (QED) is 0.415. The van der Waals surface area contributed by atoms with Crippen LogP contribution < -0.4 is 0 Å². The van der Waals surface area contributed by atoms with Crippen LogP contribution in [0.2, 0.25) is 0 Å². The third-order valence-corrected chi connectivity index (χ3v) is 2.45. The van der Waals surface area contributed by atoms with Crippen LogP contribution in [0.25, 0.3) is 0 Å². The summed E-state index contributed by atoms with van der Waals surface area (Å²) in [6.45, 7) is 8.50. The highest BCUT2D eigenvalue weighted by atomic mass is 16.8. The van der Waals surface area contributed by atoms with Crippen LogP contribution in [0.5, 0.6) is 0 Å². The van der Waals surface area contributed by atoms with Crippen LogP contribution in [0.1, 0.15) is 53.4 Å². The van der Waals surface area contributed by atoms with E-state index in [9.17, 15) is 0 Å². The first kappa shape index (κ1) is 16.8. The molecule has 0 aromatic carbocycles. The predicted octanol–water partition coefficient (Wildman–Crippen LogP) is 3.30. The molecule has 0 N–H and O–H groups in total. The van der Waals surface area contributed by atoms with E-state index in [0.29, 0.717) is 0 Å². The highest BCUT2D eigenvalue weighted by Gasteiger charge is 2.11. The summed E-state index contributed by atoms with van der Waals surface area (Å²) >= 11 is 0. The van der Waals surface area contributed by atoms with Crippen molar-refractivity contribution in [3.8, 4) is 0 Å². The lowest BCUT2D eigenvalue weighted by Gasteiger charge is -2.22. The molecule has 0 fully saturated rings. The molecule has 0 spiro atoms. The Morgan fingerprint density at radius 3 is 2.06 bits per heavy atom. The van der Waals surface area contributed by atoms with Crippen LogP contribution in [-0.2, 0) is 18.9 Å². The van der Waals surface area contributed by atoms with Crippen LogP contribution in [0.15, 0.2) is 0 Å². The van der Waals surface area contributed by atoms with Crippen LogP contribution in [0.3, 0.4) is 0 Å². The van der Waals surface area contributed by atoms with E-state index < -0.39 is 0 Å². The Balaban J connectivity index is 3.46. The molecule has 0 bridgehead atoms. The molecule has 0 saturated carbocycles. The van der Waals surface area contributed by atoms with Crippen molar-refractivity contribution in [1.29, 1.82) is 0 Å². The SMILES string of the molecule is CCCCCCOC(C)OC(C)OC(C)OC. The normalized spacial score (nSPS) is 16.8. The summed E-state index contributed by atoms with van der Waals surface area (Å²) in [5, 5.41) is 0. The van der Waals surface area contributed by atoms with Gasteiger partial charge in [0.25, 0.3) is 0 Å². The minimum atomic E-state index is -0.324. The molecule has 17 heavy (non-hydrogen) atoms. The van der Waals surface area contributed by atoms with Gasteiger partial charge in [-0.3, -0.25) is 0 Å². The first-order valence-corrected chi connectivity index (χ1v) is 6.55. The molecule has 0 aliphatic rings. The Labute approximate surface area is 106 Å². The molecular weight excluding hydrogens is 220 g/mol. The number of rotatable bonds is 11. The second kappa shape index (κ2) is 11.0. The summed E-state index contributed by atoms with van der Waals surface area (Å²) in [7, 11) is 1.60. The molecule has 0 aromatic heterocycles. The smallest absolute Gasteiger partial charge is 0.161 e. The van der Waals surface area contributed by atoms with Gasteiger partial charge in [-0.2, -0.15) is 0 Å². The van der Waals surface area contributed by atoms with Gasteiger partial charge in [-0.1, -0.05) is 26.2 Å². The first-order valence-electron chi connectivity index (χ1n) is 6.55. The van der Waals surface area contributed by atoms with Crippen molar-refractivity contribution < 1.29 is 18.9 Å². The zero-order valence-electron chi connectivity index (χ0n) is 11.9. The third kappa shape index (κ3) is 10.7. The molecule has 0 radical (unpaired) electrons. The third-order valence-electron chi connectivity index (χ3n) is 2.45. The van der Waals surface area contributed by atoms with E-state index in [1.807, 2.05) is 20.8 Å².